The van der Waals surface area contributed by atoms with Crippen LogP contribution in [0, 0.1) is 17.8 Å². The van der Waals surface area contributed by atoms with E-state index in [2.05, 4.69) is 19.9 Å². The molecule has 208 valence electrons. The highest BCUT2D eigenvalue weighted by atomic mass is 16.7. The zero-order valence-electron chi connectivity index (χ0n) is 22.9. The van der Waals surface area contributed by atoms with E-state index in [0.29, 0.717) is 25.0 Å². The summed E-state index contributed by atoms with van der Waals surface area (Å²) in [6.45, 7) is 6.64. The van der Waals surface area contributed by atoms with Crippen LogP contribution in [-0.2, 0) is 31.8 Å². The van der Waals surface area contributed by atoms with Crippen molar-refractivity contribution in [1.82, 2.24) is 0 Å². The van der Waals surface area contributed by atoms with Crippen LogP contribution in [0.5, 0.6) is 5.75 Å². The van der Waals surface area contributed by atoms with Gasteiger partial charge in [-0.15, -0.1) is 0 Å². The first-order valence-electron chi connectivity index (χ1n) is 14.4. The molecule has 0 spiro atoms. The van der Waals surface area contributed by atoms with Crippen LogP contribution in [-0.4, -0.2) is 49.3 Å². The summed E-state index contributed by atoms with van der Waals surface area (Å²) >= 11 is 0. The van der Waals surface area contributed by atoms with E-state index in [1.165, 1.54) is 5.56 Å². The van der Waals surface area contributed by atoms with E-state index < -0.39 is 6.16 Å². The molecule has 2 aliphatic rings. The fourth-order valence-electron chi connectivity index (χ4n) is 6.00. The Hall–Kier alpha value is -2.28. The van der Waals surface area contributed by atoms with Gasteiger partial charge in [0.2, 0.25) is 0 Å². The van der Waals surface area contributed by atoms with Crippen molar-refractivity contribution in [2.24, 2.45) is 17.8 Å². The number of hydrogen-bond donors (Lipinski definition) is 1. The van der Waals surface area contributed by atoms with Gasteiger partial charge in [-0.2, -0.15) is 0 Å². The lowest BCUT2D eigenvalue weighted by molar-refractivity contribution is -0.146. The number of ether oxygens (including phenoxy) is 4. The summed E-state index contributed by atoms with van der Waals surface area (Å²) in [6, 6.07) is 6.04. The SMILES string of the molecule is CCCCC[C@@H](CC[C@@H]1[C@H]2Cc3cccc(OCC(=O)OCCCC)c3C[C@H]2C[C@H]1O)OC(=O)OCC. The molecule has 0 amide bonds. The first-order valence-corrected chi connectivity index (χ1v) is 14.4. The molecule has 0 bridgehead atoms. The smallest absolute Gasteiger partial charge is 0.482 e. The number of aliphatic hydroxyl groups is 1. The maximum atomic E-state index is 12.0. The molecule has 0 aromatic heterocycles. The summed E-state index contributed by atoms with van der Waals surface area (Å²) in [6.07, 6.45) is 8.83. The zero-order valence-corrected chi connectivity index (χ0v) is 22.9. The molecule has 3 rings (SSSR count). The van der Waals surface area contributed by atoms with E-state index in [1.807, 2.05) is 12.1 Å². The third-order valence-corrected chi connectivity index (χ3v) is 7.93. The number of fused-ring (bicyclic) bond motifs is 2. The molecule has 0 aliphatic heterocycles. The predicted molar refractivity (Wildman–Crippen MR) is 142 cm³/mol. The van der Waals surface area contributed by atoms with E-state index in [1.54, 1.807) is 6.92 Å². The second-order valence-corrected chi connectivity index (χ2v) is 10.6. The Bertz CT molecular complexity index is 854. The van der Waals surface area contributed by atoms with Crippen molar-refractivity contribution in [3.63, 3.8) is 0 Å². The average Bonchev–Trinajstić information content (AvgIpc) is 3.18. The minimum atomic E-state index is -0.595. The van der Waals surface area contributed by atoms with Gasteiger partial charge < -0.3 is 24.1 Å². The number of esters is 1. The van der Waals surface area contributed by atoms with E-state index >= 15 is 0 Å². The predicted octanol–water partition coefficient (Wildman–Crippen LogP) is 6.02. The largest absolute Gasteiger partial charge is 0.508 e. The first-order chi connectivity index (χ1) is 18.0. The third kappa shape index (κ3) is 8.62. The van der Waals surface area contributed by atoms with Gasteiger partial charge in [0.15, 0.2) is 6.61 Å². The van der Waals surface area contributed by atoms with Crippen molar-refractivity contribution in [1.29, 1.82) is 0 Å². The maximum Gasteiger partial charge on any atom is 0.508 e. The summed E-state index contributed by atoms with van der Waals surface area (Å²) in [7, 11) is 0. The minimum Gasteiger partial charge on any atom is -0.482 e. The van der Waals surface area contributed by atoms with Gasteiger partial charge in [-0.25, -0.2) is 9.59 Å². The van der Waals surface area contributed by atoms with Gasteiger partial charge >= 0.3 is 12.1 Å². The normalized spacial score (nSPS) is 23.0. The molecule has 0 unspecified atom stereocenters. The summed E-state index contributed by atoms with van der Waals surface area (Å²) in [4.78, 5) is 24.0. The van der Waals surface area contributed by atoms with Crippen molar-refractivity contribution in [3.05, 3.63) is 29.3 Å². The van der Waals surface area contributed by atoms with Gasteiger partial charge in [0, 0.05) is 0 Å². The molecular formula is C30H46O7. The Balaban J connectivity index is 1.60. The molecule has 1 N–H and O–H groups in total. The van der Waals surface area contributed by atoms with Crippen molar-refractivity contribution in [2.75, 3.05) is 19.8 Å². The number of rotatable bonds is 15. The standard InChI is InChI=1S/C30H46O7/c1-4-7-9-12-23(37-30(33)34-6-3)14-15-24-25-17-21-11-10-13-28(26(21)18-22(25)19-27(24)31)36-20-29(32)35-16-8-5-2/h10-11,13,22-25,27,31H,4-9,12,14-20H2,1-3H3/t22-,23-,24+,25-,27+/m0/s1. The highest BCUT2D eigenvalue weighted by molar-refractivity contribution is 5.71. The van der Waals surface area contributed by atoms with E-state index in [9.17, 15) is 14.7 Å². The van der Waals surface area contributed by atoms with Crippen LogP contribution < -0.4 is 4.74 Å². The maximum absolute atomic E-state index is 12.0. The van der Waals surface area contributed by atoms with Crippen LogP contribution >= 0.6 is 0 Å². The molecule has 1 aromatic carbocycles. The van der Waals surface area contributed by atoms with E-state index in [4.69, 9.17) is 18.9 Å². The lowest BCUT2D eigenvalue weighted by Crippen LogP contribution is -2.29. The number of aliphatic hydroxyl groups excluding tert-OH is 1. The van der Waals surface area contributed by atoms with Crippen molar-refractivity contribution < 1.29 is 33.6 Å². The average molecular weight is 519 g/mol. The van der Waals surface area contributed by atoms with Gasteiger partial charge in [-0.3, -0.25) is 0 Å². The molecule has 0 heterocycles. The number of carbonyl (C=O) groups is 2. The van der Waals surface area contributed by atoms with Gasteiger partial charge in [-0.1, -0.05) is 45.2 Å². The minimum absolute atomic E-state index is 0.0839. The second kappa shape index (κ2) is 15.2. The number of carbonyl (C=O) groups excluding carboxylic acids is 2. The van der Waals surface area contributed by atoms with Crippen LogP contribution in [0.25, 0.3) is 0 Å². The number of hydrogen-bond acceptors (Lipinski definition) is 7. The molecule has 0 saturated heterocycles. The monoisotopic (exact) mass is 518 g/mol. The van der Waals surface area contributed by atoms with Gasteiger partial charge in [-0.05, 0) is 93.2 Å². The summed E-state index contributed by atoms with van der Waals surface area (Å²) in [5.41, 5.74) is 2.39. The molecule has 0 radical (unpaired) electrons. The number of benzene rings is 1. The Morgan fingerprint density at radius 2 is 1.84 bits per heavy atom. The van der Waals surface area contributed by atoms with Crippen molar-refractivity contribution >= 4 is 12.1 Å². The topological polar surface area (TPSA) is 91.3 Å². The summed E-state index contributed by atoms with van der Waals surface area (Å²) in [5, 5.41) is 11.0. The fraction of sp³-hybridized carbons (Fsp3) is 0.733. The second-order valence-electron chi connectivity index (χ2n) is 10.6. The molecule has 37 heavy (non-hydrogen) atoms. The molecule has 1 saturated carbocycles. The van der Waals surface area contributed by atoms with Gasteiger partial charge in [0.05, 0.1) is 19.3 Å². The third-order valence-electron chi connectivity index (χ3n) is 7.93. The lowest BCUT2D eigenvalue weighted by atomic mass is 9.73. The highest BCUT2D eigenvalue weighted by Crippen LogP contribution is 2.48. The molecule has 2 aliphatic carbocycles. The molecular weight excluding hydrogens is 472 g/mol. The van der Waals surface area contributed by atoms with Crippen molar-refractivity contribution in [3.8, 4) is 5.75 Å². The molecule has 7 nitrogen and oxygen atoms in total. The van der Waals surface area contributed by atoms with E-state index in [0.717, 1.165) is 81.9 Å². The van der Waals surface area contributed by atoms with Crippen LogP contribution in [0.2, 0.25) is 0 Å². The van der Waals surface area contributed by atoms with E-state index in [-0.39, 0.29) is 30.7 Å². The van der Waals surface area contributed by atoms with Crippen molar-refractivity contribution in [2.45, 2.75) is 104 Å². The summed E-state index contributed by atoms with van der Waals surface area (Å²) < 4.78 is 21.7. The Morgan fingerprint density at radius 1 is 1.03 bits per heavy atom. The molecule has 1 aromatic rings. The Kier molecular flexibility index (Phi) is 12.0. The highest BCUT2D eigenvalue weighted by Gasteiger charge is 2.45. The Labute approximate surface area is 222 Å². The zero-order chi connectivity index (χ0) is 26.6. The van der Waals surface area contributed by atoms with Crippen LogP contribution in [0.15, 0.2) is 18.2 Å². The quantitative estimate of drug-likeness (QED) is 0.224. The fourth-order valence-corrected chi connectivity index (χ4v) is 6.00. The summed E-state index contributed by atoms with van der Waals surface area (Å²) in [5.74, 6) is 1.35. The molecule has 7 heteroatoms. The lowest BCUT2D eigenvalue weighted by Gasteiger charge is -2.32. The molecule has 5 atom stereocenters. The first kappa shape index (κ1) is 29.3. The van der Waals surface area contributed by atoms with Gasteiger partial charge in [0.1, 0.15) is 11.9 Å². The van der Waals surface area contributed by atoms with Crippen LogP contribution in [0.3, 0.4) is 0 Å². The number of unbranched alkanes of at least 4 members (excludes halogenated alkanes) is 3. The Morgan fingerprint density at radius 3 is 2.59 bits per heavy atom. The molecule has 1 fully saturated rings. The van der Waals surface area contributed by atoms with Crippen LogP contribution in [0.1, 0.15) is 89.7 Å². The van der Waals surface area contributed by atoms with Gasteiger partial charge in [0.25, 0.3) is 0 Å². The van der Waals surface area contributed by atoms with Crippen LogP contribution in [0.4, 0.5) is 4.79 Å².